The minimum absolute atomic E-state index is 0. The predicted molar refractivity (Wildman–Crippen MR) is 97.1 cm³/mol. The van der Waals surface area contributed by atoms with Crippen LogP contribution >= 0.6 is 12.4 Å². The first-order chi connectivity index (χ1) is 11.0. The molecule has 2 unspecified atom stereocenters. The molecule has 0 bridgehead atoms. The van der Waals surface area contributed by atoms with Gasteiger partial charge in [0.15, 0.2) is 11.7 Å². The van der Waals surface area contributed by atoms with Crippen molar-refractivity contribution in [2.75, 3.05) is 5.32 Å². The van der Waals surface area contributed by atoms with Crippen LogP contribution in [0.25, 0.3) is 11.3 Å². The van der Waals surface area contributed by atoms with E-state index in [0.29, 0.717) is 5.89 Å². The molecule has 1 fully saturated rings. The lowest BCUT2D eigenvalue weighted by Crippen LogP contribution is -2.51. The van der Waals surface area contributed by atoms with Gasteiger partial charge in [-0.1, -0.05) is 12.8 Å². The predicted octanol–water partition coefficient (Wildman–Crippen LogP) is 3.92. The average Bonchev–Trinajstić information content (AvgIpc) is 2.94. The number of carbonyl (C=O) groups is 1. The fraction of sp³-hybridized carbons (Fsp3) is 0.444. The molecule has 0 radical (unpaired) electrons. The third-order valence-corrected chi connectivity index (χ3v) is 4.63. The van der Waals surface area contributed by atoms with Crippen LogP contribution in [0.1, 0.15) is 38.5 Å². The van der Waals surface area contributed by atoms with Gasteiger partial charge < -0.3 is 15.5 Å². The van der Waals surface area contributed by atoms with Crippen molar-refractivity contribution < 1.29 is 9.21 Å². The summed E-state index contributed by atoms with van der Waals surface area (Å²) in [7, 11) is 0. The largest absolute Gasteiger partial charge is 0.441 e. The van der Waals surface area contributed by atoms with Crippen molar-refractivity contribution >= 4 is 24.0 Å². The number of rotatable bonds is 3. The van der Waals surface area contributed by atoms with Crippen LogP contribution in [0.3, 0.4) is 0 Å². The highest BCUT2D eigenvalue weighted by molar-refractivity contribution is 5.93. The summed E-state index contributed by atoms with van der Waals surface area (Å²) in [4.78, 5) is 16.6. The fourth-order valence-electron chi connectivity index (χ4n) is 3.23. The molecule has 6 heteroatoms. The zero-order valence-electron chi connectivity index (χ0n) is 14.0. The SMILES string of the molecule is Cc1ncc(-c2ccc(NC(=O)C3CCCCC3(C)N)cc2)o1.Cl. The summed E-state index contributed by atoms with van der Waals surface area (Å²) in [5.41, 5.74) is 7.59. The molecule has 1 heterocycles. The van der Waals surface area contributed by atoms with Crippen LogP contribution in [0.4, 0.5) is 5.69 Å². The highest BCUT2D eigenvalue weighted by Gasteiger charge is 2.37. The number of oxazole rings is 1. The maximum Gasteiger partial charge on any atom is 0.229 e. The van der Waals surface area contributed by atoms with Crippen molar-refractivity contribution in [1.82, 2.24) is 4.98 Å². The van der Waals surface area contributed by atoms with Gasteiger partial charge in [0.05, 0.1) is 12.1 Å². The lowest BCUT2D eigenvalue weighted by Gasteiger charge is -2.37. The highest BCUT2D eigenvalue weighted by atomic mass is 35.5. The second-order valence-corrected chi connectivity index (χ2v) is 6.61. The number of aromatic nitrogens is 1. The number of halogens is 1. The Labute approximate surface area is 148 Å². The Morgan fingerprint density at radius 1 is 1.33 bits per heavy atom. The lowest BCUT2D eigenvalue weighted by atomic mass is 9.74. The van der Waals surface area contributed by atoms with E-state index >= 15 is 0 Å². The summed E-state index contributed by atoms with van der Waals surface area (Å²) in [5.74, 6) is 1.24. The van der Waals surface area contributed by atoms with Gasteiger partial charge in [0, 0.05) is 23.7 Å². The molecule has 5 nitrogen and oxygen atoms in total. The van der Waals surface area contributed by atoms with Crippen molar-refractivity contribution in [2.24, 2.45) is 11.7 Å². The topological polar surface area (TPSA) is 81.2 Å². The zero-order chi connectivity index (χ0) is 16.4. The Kier molecular flexibility index (Phi) is 5.67. The van der Waals surface area contributed by atoms with Gasteiger partial charge in [-0.3, -0.25) is 4.79 Å². The molecule has 1 aliphatic rings. The normalized spacial score (nSPS) is 23.4. The van der Waals surface area contributed by atoms with Crippen molar-refractivity contribution in [3.63, 3.8) is 0 Å². The highest BCUT2D eigenvalue weighted by Crippen LogP contribution is 2.32. The molecule has 3 N–H and O–H groups in total. The minimum Gasteiger partial charge on any atom is -0.441 e. The van der Waals surface area contributed by atoms with E-state index < -0.39 is 5.54 Å². The third-order valence-electron chi connectivity index (χ3n) is 4.63. The molecule has 24 heavy (non-hydrogen) atoms. The Morgan fingerprint density at radius 3 is 2.62 bits per heavy atom. The molecule has 1 aromatic heterocycles. The molecule has 130 valence electrons. The number of carbonyl (C=O) groups excluding carboxylic acids is 1. The molecule has 1 aromatic carbocycles. The zero-order valence-corrected chi connectivity index (χ0v) is 14.9. The van der Waals surface area contributed by atoms with Crippen LogP contribution in [-0.2, 0) is 4.79 Å². The second-order valence-electron chi connectivity index (χ2n) is 6.61. The standard InChI is InChI=1S/C18H23N3O2.ClH/c1-12-20-11-16(23-12)13-6-8-14(9-7-13)21-17(22)15-5-3-4-10-18(15,2)19;/h6-9,11,15H,3-5,10,19H2,1-2H3,(H,21,22);1H. The molecular formula is C18H24ClN3O2. The average molecular weight is 350 g/mol. The van der Waals surface area contributed by atoms with E-state index in [4.69, 9.17) is 10.2 Å². The van der Waals surface area contributed by atoms with Gasteiger partial charge in [-0.2, -0.15) is 0 Å². The van der Waals surface area contributed by atoms with Crippen LogP contribution in [-0.4, -0.2) is 16.4 Å². The van der Waals surface area contributed by atoms with E-state index in [1.807, 2.05) is 38.1 Å². The molecule has 1 saturated carbocycles. The Morgan fingerprint density at radius 2 is 2.04 bits per heavy atom. The summed E-state index contributed by atoms with van der Waals surface area (Å²) in [5, 5.41) is 2.99. The number of benzene rings is 1. The van der Waals surface area contributed by atoms with Crippen molar-refractivity contribution in [3.8, 4) is 11.3 Å². The van der Waals surface area contributed by atoms with E-state index in [1.165, 1.54) is 0 Å². The molecule has 0 aliphatic heterocycles. The van der Waals surface area contributed by atoms with Gasteiger partial charge in [-0.25, -0.2) is 4.98 Å². The van der Waals surface area contributed by atoms with Crippen LogP contribution in [0.2, 0.25) is 0 Å². The molecule has 1 amide bonds. The number of nitrogens with one attached hydrogen (secondary N) is 1. The fourth-order valence-corrected chi connectivity index (χ4v) is 3.23. The van der Waals surface area contributed by atoms with E-state index in [1.54, 1.807) is 6.20 Å². The molecule has 2 atom stereocenters. The number of nitrogens with two attached hydrogens (primary N) is 1. The minimum atomic E-state index is -0.417. The molecule has 0 saturated heterocycles. The number of aryl methyl sites for hydroxylation is 1. The molecule has 2 aromatic rings. The molecule has 3 rings (SSSR count). The lowest BCUT2D eigenvalue weighted by molar-refractivity contribution is -0.122. The summed E-state index contributed by atoms with van der Waals surface area (Å²) in [6, 6.07) is 7.58. The van der Waals surface area contributed by atoms with Crippen molar-refractivity contribution in [2.45, 2.75) is 45.1 Å². The third kappa shape index (κ3) is 3.97. The molecule has 1 aliphatic carbocycles. The van der Waals surface area contributed by atoms with Crippen LogP contribution in [0.15, 0.2) is 34.9 Å². The molecular weight excluding hydrogens is 326 g/mol. The van der Waals surface area contributed by atoms with Crippen LogP contribution < -0.4 is 11.1 Å². The van der Waals surface area contributed by atoms with Gasteiger partial charge >= 0.3 is 0 Å². The van der Waals surface area contributed by atoms with E-state index in [9.17, 15) is 4.79 Å². The van der Waals surface area contributed by atoms with Crippen molar-refractivity contribution in [3.05, 3.63) is 36.4 Å². The monoisotopic (exact) mass is 349 g/mol. The first kappa shape index (κ1) is 18.5. The van der Waals surface area contributed by atoms with E-state index in [0.717, 1.165) is 42.7 Å². The summed E-state index contributed by atoms with van der Waals surface area (Å²) < 4.78 is 5.50. The van der Waals surface area contributed by atoms with Crippen LogP contribution in [0, 0.1) is 12.8 Å². The Bertz CT molecular complexity index is 695. The smallest absolute Gasteiger partial charge is 0.229 e. The maximum absolute atomic E-state index is 12.5. The van der Waals surface area contributed by atoms with Crippen LogP contribution in [0.5, 0.6) is 0 Å². The molecule has 0 spiro atoms. The van der Waals surface area contributed by atoms with Gasteiger partial charge in [0.25, 0.3) is 0 Å². The quantitative estimate of drug-likeness (QED) is 0.880. The Hall–Kier alpha value is -1.85. The first-order valence-corrected chi connectivity index (χ1v) is 8.08. The summed E-state index contributed by atoms with van der Waals surface area (Å²) in [6.07, 6.45) is 5.62. The number of hydrogen-bond acceptors (Lipinski definition) is 4. The Balaban J connectivity index is 0.00000208. The van der Waals surface area contributed by atoms with Gasteiger partial charge in [-0.15, -0.1) is 12.4 Å². The van der Waals surface area contributed by atoms with Gasteiger partial charge in [-0.05, 0) is 44.0 Å². The van der Waals surface area contributed by atoms with E-state index in [-0.39, 0.29) is 24.2 Å². The van der Waals surface area contributed by atoms with Gasteiger partial charge in [0.1, 0.15) is 0 Å². The summed E-state index contributed by atoms with van der Waals surface area (Å²) in [6.45, 7) is 3.79. The first-order valence-electron chi connectivity index (χ1n) is 8.08. The number of anilines is 1. The number of amides is 1. The van der Waals surface area contributed by atoms with E-state index in [2.05, 4.69) is 10.3 Å². The van der Waals surface area contributed by atoms with Gasteiger partial charge in [0.2, 0.25) is 5.91 Å². The number of hydrogen-bond donors (Lipinski definition) is 2. The second kappa shape index (κ2) is 7.36. The maximum atomic E-state index is 12.5. The summed E-state index contributed by atoms with van der Waals surface area (Å²) >= 11 is 0. The van der Waals surface area contributed by atoms with Crippen molar-refractivity contribution in [1.29, 1.82) is 0 Å². The number of nitrogens with zero attached hydrogens (tertiary/aromatic N) is 1.